The molecule has 14 nitrogen and oxygen atoms in total. The van der Waals surface area contributed by atoms with Crippen molar-refractivity contribution in [2.45, 2.75) is 52.2 Å². The minimum absolute atomic E-state index is 0.130. The molecule has 4 amide bonds. The third-order valence-corrected chi connectivity index (χ3v) is 8.17. The summed E-state index contributed by atoms with van der Waals surface area (Å²) in [5.41, 5.74) is 5.25. The number of anilines is 1. The lowest BCUT2D eigenvalue weighted by Gasteiger charge is -2.23. The topological polar surface area (TPSA) is 179 Å². The van der Waals surface area contributed by atoms with Crippen molar-refractivity contribution in [3.8, 4) is 22.4 Å². The van der Waals surface area contributed by atoms with Crippen LogP contribution in [0.1, 0.15) is 45.2 Å². The maximum atomic E-state index is 13.3. The molecule has 5 N–H and O–H groups in total. The van der Waals surface area contributed by atoms with E-state index >= 15 is 0 Å². The van der Waals surface area contributed by atoms with Crippen molar-refractivity contribution in [3.05, 3.63) is 102 Å². The normalized spacial score (nSPS) is 11.8. The van der Waals surface area contributed by atoms with Gasteiger partial charge in [0.25, 0.3) is 0 Å². The van der Waals surface area contributed by atoms with Gasteiger partial charge in [-0.2, -0.15) is 0 Å². The van der Waals surface area contributed by atoms with E-state index in [9.17, 15) is 19.2 Å². The number of amides is 4. The van der Waals surface area contributed by atoms with Crippen LogP contribution in [0.25, 0.3) is 28.1 Å². The van der Waals surface area contributed by atoms with Crippen molar-refractivity contribution in [2.75, 3.05) is 38.6 Å². The van der Waals surface area contributed by atoms with Crippen molar-refractivity contribution in [3.63, 3.8) is 0 Å². The number of rotatable bonds is 17. The molecule has 1 unspecified atom stereocenters. The second-order valence-electron chi connectivity index (χ2n) is 13.5. The molecule has 0 aliphatic heterocycles. The molecule has 4 rings (SSSR count). The molecule has 4 aromatic rings. The van der Waals surface area contributed by atoms with Gasteiger partial charge in [-0.3, -0.25) is 19.9 Å². The molecule has 0 radical (unpaired) electrons. The smallest absolute Gasteiger partial charge is 0.408 e. The first-order valence-electron chi connectivity index (χ1n) is 18.0. The number of aliphatic imine (C=N–C) groups is 1. The summed E-state index contributed by atoms with van der Waals surface area (Å²) >= 11 is 0. The van der Waals surface area contributed by atoms with E-state index in [0.29, 0.717) is 31.0 Å². The van der Waals surface area contributed by atoms with E-state index in [1.165, 1.54) is 7.11 Å². The Hall–Kier alpha value is -6.44. The second kappa shape index (κ2) is 20.1. The quantitative estimate of drug-likeness (QED) is 0.0644. The SMILES string of the molecule is C=N/C(=C\NCCN(CCC)C(=O)CNC(=O)OC)c1ccc(-c2ccc(-c3cnc(NC(=O)C(Cc4ccccc4)NC(=O)OC(C)(C)C)[nH]3)cc2)cc1. The Balaban J connectivity index is 1.35. The second-order valence-corrected chi connectivity index (χ2v) is 13.5. The van der Waals surface area contributed by atoms with Crippen LogP contribution < -0.4 is 21.3 Å². The molecule has 0 bridgehead atoms. The summed E-state index contributed by atoms with van der Waals surface area (Å²) in [5, 5.41) is 11.1. The molecule has 0 fully saturated rings. The van der Waals surface area contributed by atoms with Crippen LogP contribution >= 0.6 is 0 Å². The van der Waals surface area contributed by atoms with Gasteiger partial charge in [0.1, 0.15) is 18.2 Å². The zero-order valence-electron chi connectivity index (χ0n) is 32.0. The standard InChI is InChI=1S/C41H50N8O6/c1-7-22-49(36(50)27-45-39(52)54-6)23-21-43-25-34(42-5)31-17-13-29(14-18-31)30-15-19-32(20-16-30)35-26-44-38(46-35)48-37(51)33(24-28-11-9-8-10-12-28)47-40(53)55-41(2,3)4/h8-20,25-26,33,43H,5,7,21-24,27H2,1-4,6H3,(H,45,52)(H,47,53)(H2,44,46,48,51)/b34-25-. The predicted octanol–water partition coefficient (Wildman–Crippen LogP) is 6.00. The summed E-state index contributed by atoms with van der Waals surface area (Å²) in [4.78, 5) is 63.1. The van der Waals surface area contributed by atoms with Crippen LogP contribution in [0.3, 0.4) is 0 Å². The number of imidazole rings is 1. The molecule has 14 heteroatoms. The highest BCUT2D eigenvalue weighted by Crippen LogP contribution is 2.26. The highest BCUT2D eigenvalue weighted by molar-refractivity contribution is 5.95. The van der Waals surface area contributed by atoms with Crippen molar-refractivity contribution >= 4 is 42.4 Å². The lowest BCUT2D eigenvalue weighted by molar-refractivity contribution is -0.130. The summed E-state index contributed by atoms with van der Waals surface area (Å²) in [6.07, 6.45) is 3.12. The summed E-state index contributed by atoms with van der Waals surface area (Å²) in [6, 6.07) is 24.4. The number of hydrogen-bond acceptors (Lipinski definition) is 9. The maximum Gasteiger partial charge on any atom is 0.408 e. The van der Waals surface area contributed by atoms with Gasteiger partial charge in [0, 0.05) is 37.8 Å². The van der Waals surface area contributed by atoms with Crippen LogP contribution in [-0.4, -0.2) is 90.5 Å². The number of ether oxygens (including phenoxy) is 2. The third-order valence-electron chi connectivity index (χ3n) is 8.17. The Morgan fingerprint density at radius 3 is 2.20 bits per heavy atom. The van der Waals surface area contributed by atoms with Crippen LogP contribution in [0, 0.1) is 0 Å². The van der Waals surface area contributed by atoms with Crippen LogP contribution in [-0.2, 0) is 25.5 Å². The average molecular weight is 751 g/mol. The molecule has 3 aromatic carbocycles. The first-order chi connectivity index (χ1) is 26.4. The molecular formula is C41H50N8O6. The lowest BCUT2D eigenvalue weighted by Crippen LogP contribution is -2.47. The number of aromatic amines is 1. The van der Waals surface area contributed by atoms with Crippen molar-refractivity contribution < 1.29 is 28.7 Å². The number of aromatic nitrogens is 2. The monoisotopic (exact) mass is 750 g/mol. The van der Waals surface area contributed by atoms with E-state index in [2.05, 4.69) is 47.7 Å². The molecule has 1 aromatic heterocycles. The summed E-state index contributed by atoms with van der Waals surface area (Å²) in [6.45, 7) is 12.3. The summed E-state index contributed by atoms with van der Waals surface area (Å²) < 4.78 is 9.93. The Morgan fingerprint density at radius 1 is 0.927 bits per heavy atom. The number of nitrogens with one attached hydrogen (secondary N) is 5. The highest BCUT2D eigenvalue weighted by atomic mass is 16.6. The van der Waals surface area contributed by atoms with Gasteiger partial charge in [-0.25, -0.2) is 14.6 Å². The largest absolute Gasteiger partial charge is 0.453 e. The van der Waals surface area contributed by atoms with E-state index in [-0.39, 0.29) is 24.8 Å². The van der Waals surface area contributed by atoms with E-state index in [4.69, 9.17) is 4.74 Å². The molecule has 0 saturated heterocycles. The third kappa shape index (κ3) is 13.2. The molecule has 55 heavy (non-hydrogen) atoms. The maximum absolute atomic E-state index is 13.3. The fourth-order valence-corrected chi connectivity index (χ4v) is 5.47. The minimum Gasteiger partial charge on any atom is -0.453 e. The van der Waals surface area contributed by atoms with Crippen LogP contribution in [0.4, 0.5) is 15.5 Å². The number of nitrogens with zero attached hydrogens (tertiary/aromatic N) is 3. The highest BCUT2D eigenvalue weighted by Gasteiger charge is 2.25. The van der Waals surface area contributed by atoms with E-state index < -0.39 is 29.7 Å². The van der Waals surface area contributed by atoms with Gasteiger partial charge in [0.15, 0.2) is 0 Å². The van der Waals surface area contributed by atoms with Crippen molar-refractivity contribution in [1.29, 1.82) is 0 Å². The fraction of sp³-hybridized carbons (Fsp3) is 0.317. The molecule has 0 spiro atoms. The van der Waals surface area contributed by atoms with E-state index in [0.717, 1.165) is 34.2 Å². The fourth-order valence-electron chi connectivity index (χ4n) is 5.47. The summed E-state index contributed by atoms with van der Waals surface area (Å²) in [7, 11) is 1.25. The first kappa shape index (κ1) is 41.3. The molecule has 290 valence electrons. The van der Waals surface area contributed by atoms with Gasteiger partial charge in [-0.15, -0.1) is 0 Å². The Labute approximate surface area is 321 Å². The van der Waals surface area contributed by atoms with Crippen molar-refractivity contribution in [2.24, 2.45) is 4.99 Å². The van der Waals surface area contributed by atoms with Gasteiger partial charge < -0.3 is 35.3 Å². The van der Waals surface area contributed by atoms with Crippen LogP contribution in [0.15, 0.2) is 96.3 Å². The number of hydrogen-bond donors (Lipinski definition) is 5. The Morgan fingerprint density at radius 2 is 1.58 bits per heavy atom. The Bertz CT molecular complexity index is 1920. The molecule has 0 aliphatic carbocycles. The minimum atomic E-state index is -0.899. The van der Waals surface area contributed by atoms with E-state index in [1.807, 2.05) is 85.8 Å². The van der Waals surface area contributed by atoms with E-state index in [1.54, 1.807) is 38.1 Å². The van der Waals surface area contributed by atoms with Gasteiger partial charge in [0.05, 0.1) is 24.7 Å². The molecule has 0 saturated carbocycles. The lowest BCUT2D eigenvalue weighted by atomic mass is 10.0. The predicted molar refractivity (Wildman–Crippen MR) is 214 cm³/mol. The number of alkyl carbamates (subject to hydrolysis) is 2. The van der Waals surface area contributed by atoms with Crippen LogP contribution in [0.2, 0.25) is 0 Å². The molecule has 1 heterocycles. The molecular weight excluding hydrogens is 701 g/mol. The number of methoxy groups -OCH3 is 1. The first-order valence-corrected chi connectivity index (χ1v) is 18.0. The zero-order valence-corrected chi connectivity index (χ0v) is 32.0. The van der Waals surface area contributed by atoms with Crippen LogP contribution in [0.5, 0.6) is 0 Å². The average Bonchev–Trinajstić information content (AvgIpc) is 3.64. The van der Waals surface area contributed by atoms with Gasteiger partial charge >= 0.3 is 12.2 Å². The van der Waals surface area contributed by atoms with Gasteiger partial charge in [-0.1, -0.05) is 85.8 Å². The van der Waals surface area contributed by atoms with Crippen molar-refractivity contribution in [1.82, 2.24) is 30.8 Å². The number of benzene rings is 3. The summed E-state index contributed by atoms with van der Waals surface area (Å²) in [5.74, 6) is -0.384. The number of carbonyl (C=O) groups excluding carboxylic acids is 4. The number of H-pyrrole nitrogens is 1. The Kier molecular flexibility index (Phi) is 15.1. The zero-order chi connectivity index (χ0) is 39.8. The number of carbonyl (C=O) groups is 4. The van der Waals surface area contributed by atoms with Gasteiger partial charge in [-0.05, 0) is 56.2 Å². The molecule has 1 atom stereocenters. The van der Waals surface area contributed by atoms with Gasteiger partial charge in [0.2, 0.25) is 17.8 Å². The molecule has 0 aliphatic rings.